The molecule has 1 heterocycles. The molecule has 0 aliphatic carbocycles. The van der Waals surface area contributed by atoms with Crippen molar-refractivity contribution < 1.29 is 14.3 Å². The summed E-state index contributed by atoms with van der Waals surface area (Å²) in [6.45, 7) is 0. The van der Waals surface area contributed by atoms with Gasteiger partial charge in [-0.2, -0.15) is 0 Å². The van der Waals surface area contributed by atoms with E-state index < -0.39 is 0 Å². The van der Waals surface area contributed by atoms with Crippen LogP contribution in [0.4, 0.5) is 5.69 Å². The van der Waals surface area contributed by atoms with Gasteiger partial charge < -0.3 is 10.1 Å². The average Bonchev–Trinajstić information content (AvgIpc) is 2.69. The van der Waals surface area contributed by atoms with E-state index in [1.807, 2.05) is 30.3 Å². The molecule has 0 bridgehead atoms. The average molecular weight is 346 g/mol. The minimum absolute atomic E-state index is 0.0974. The number of hydrogen-bond acceptors (Lipinski definition) is 4. The lowest BCUT2D eigenvalue weighted by molar-refractivity contribution is -0.116. The Kier molecular flexibility index (Phi) is 5.72. The highest BCUT2D eigenvalue weighted by Crippen LogP contribution is 2.22. The fourth-order valence-electron chi connectivity index (χ4n) is 2.35. The van der Waals surface area contributed by atoms with Gasteiger partial charge in [-0.1, -0.05) is 18.2 Å². The van der Waals surface area contributed by atoms with Crippen molar-refractivity contribution in [3.8, 4) is 11.5 Å². The van der Waals surface area contributed by atoms with Crippen molar-refractivity contribution in [3.05, 3.63) is 84.7 Å². The topological polar surface area (TPSA) is 68.3 Å². The molecule has 2 aromatic carbocycles. The zero-order chi connectivity index (χ0) is 18.2. The summed E-state index contributed by atoms with van der Waals surface area (Å²) in [4.78, 5) is 27.9. The zero-order valence-electron chi connectivity index (χ0n) is 14.1. The Balaban J connectivity index is 1.49. The third kappa shape index (κ3) is 5.01. The highest BCUT2D eigenvalue weighted by atomic mass is 16.5. The standard InChI is InChI=1S/C21H18N2O3/c24-20(16-5-4-14-22-15-16)12-13-21(25)23-17-8-10-19(11-9-17)26-18-6-2-1-3-7-18/h1-11,14-15H,12-13H2,(H,23,25). The first kappa shape index (κ1) is 17.4. The second kappa shape index (κ2) is 8.58. The highest BCUT2D eigenvalue weighted by Gasteiger charge is 2.09. The number of hydrogen-bond donors (Lipinski definition) is 1. The van der Waals surface area contributed by atoms with E-state index in [0.29, 0.717) is 17.0 Å². The maximum absolute atomic E-state index is 12.0. The fraction of sp³-hybridized carbons (Fsp3) is 0.0952. The molecule has 0 aliphatic rings. The van der Waals surface area contributed by atoms with Crippen LogP contribution in [-0.2, 0) is 4.79 Å². The van der Waals surface area contributed by atoms with Gasteiger partial charge in [0.05, 0.1) is 0 Å². The van der Waals surface area contributed by atoms with E-state index >= 15 is 0 Å². The third-order valence-electron chi connectivity index (χ3n) is 3.68. The molecule has 3 aromatic rings. The normalized spacial score (nSPS) is 10.2. The number of carbonyl (C=O) groups is 2. The Labute approximate surface area is 151 Å². The Morgan fingerprint density at radius 2 is 1.58 bits per heavy atom. The molecular formula is C21H18N2O3. The molecule has 26 heavy (non-hydrogen) atoms. The lowest BCUT2D eigenvalue weighted by Gasteiger charge is -2.08. The van der Waals surface area contributed by atoms with Gasteiger partial charge in [-0.25, -0.2) is 0 Å². The van der Waals surface area contributed by atoms with Crippen LogP contribution in [0.15, 0.2) is 79.1 Å². The minimum atomic E-state index is -0.209. The number of benzene rings is 2. The van der Waals surface area contributed by atoms with Crippen LogP contribution < -0.4 is 10.1 Å². The van der Waals surface area contributed by atoms with E-state index in [1.165, 1.54) is 6.20 Å². The maximum atomic E-state index is 12.0. The molecule has 5 nitrogen and oxygen atoms in total. The van der Waals surface area contributed by atoms with Gasteiger partial charge >= 0.3 is 0 Å². The van der Waals surface area contributed by atoms with Crippen LogP contribution in [0.5, 0.6) is 11.5 Å². The second-order valence-electron chi connectivity index (χ2n) is 5.65. The molecule has 3 rings (SSSR count). The Morgan fingerprint density at radius 1 is 0.846 bits per heavy atom. The van der Waals surface area contributed by atoms with Crippen LogP contribution >= 0.6 is 0 Å². The summed E-state index contributed by atoms with van der Waals surface area (Å²) in [5.74, 6) is 1.12. The van der Waals surface area contributed by atoms with E-state index in [0.717, 1.165) is 5.75 Å². The van der Waals surface area contributed by atoms with E-state index in [4.69, 9.17) is 4.74 Å². The number of carbonyl (C=O) groups excluding carboxylic acids is 2. The first-order chi connectivity index (χ1) is 12.7. The Hall–Kier alpha value is -3.47. The summed E-state index contributed by atoms with van der Waals surface area (Å²) >= 11 is 0. The van der Waals surface area contributed by atoms with Crippen LogP contribution in [0.25, 0.3) is 0 Å². The summed E-state index contributed by atoms with van der Waals surface area (Å²) in [6.07, 6.45) is 3.38. The number of nitrogens with one attached hydrogen (secondary N) is 1. The smallest absolute Gasteiger partial charge is 0.224 e. The molecule has 0 saturated carbocycles. The number of anilines is 1. The van der Waals surface area contributed by atoms with Gasteiger partial charge in [0.2, 0.25) is 5.91 Å². The highest BCUT2D eigenvalue weighted by molar-refractivity contribution is 5.99. The predicted molar refractivity (Wildman–Crippen MR) is 99.4 cm³/mol. The second-order valence-corrected chi connectivity index (χ2v) is 5.65. The number of pyridine rings is 1. The Morgan fingerprint density at radius 3 is 2.27 bits per heavy atom. The van der Waals surface area contributed by atoms with Crippen molar-refractivity contribution in [1.29, 1.82) is 0 Å². The molecule has 1 aromatic heterocycles. The van der Waals surface area contributed by atoms with Gasteiger partial charge in [0.1, 0.15) is 11.5 Å². The molecule has 0 unspecified atom stereocenters. The van der Waals surface area contributed by atoms with Crippen molar-refractivity contribution in [3.63, 3.8) is 0 Å². The number of rotatable bonds is 7. The number of ketones is 1. The van der Waals surface area contributed by atoms with Crippen molar-refractivity contribution >= 4 is 17.4 Å². The Bertz CT molecular complexity index is 863. The molecule has 5 heteroatoms. The van der Waals surface area contributed by atoms with Gasteiger partial charge in [-0.15, -0.1) is 0 Å². The largest absolute Gasteiger partial charge is 0.457 e. The van der Waals surface area contributed by atoms with Gasteiger partial charge in [0.15, 0.2) is 5.78 Å². The monoisotopic (exact) mass is 346 g/mol. The predicted octanol–water partition coefficient (Wildman–Crippen LogP) is 4.48. The quantitative estimate of drug-likeness (QED) is 0.641. The molecular weight excluding hydrogens is 328 g/mol. The first-order valence-electron chi connectivity index (χ1n) is 8.27. The van der Waals surface area contributed by atoms with Crippen molar-refractivity contribution in [1.82, 2.24) is 4.98 Å². The minimum Gasteiger partial charge on any atom is -0.457 e. The number of amides is 1. The molecule has 0 atom stereocenters. The number of para-hydroxylation sites is 1. The van der Waals surface area contributed by atoms with E-state index in [-0.39, 0.29) is 24.5 Å². The molecule has 1 amide bonds. The maximum Gasteiger partial charge on any atom is 0.224 e. The SMILES string of the molecule is O=C(CCC(=O)c1cccnc1)Nc1ccc(Oc2ccccc2)cc1. The summed E-state index contributed by atoms with van der Waals surface area (Å²) < 4.78 is 5.70. The van der Waals surface area contributed by atoms with E-state index in [2.05, 4.69) is 10.3 Å². The molecule has 0 radical (unpaired) electrons. The van der Waals surface area contributed by atoms with Crippen LogP contribution in [0, 0.1) is 0 Å². The van der Waals surface area contributed by atoms with Crippen molar-refractivity contribution in [2.75, 3.05) is 5.32 Å². The summed E-state index contributed by atoms with van der Waals surface area (Å²) in [5, 5.41) is 2.78. The van der Waals surface area contributed by atoms with E-state index in [1.54, 1.807) is 42.6 Å². The molecule has 130 valence electrons. The van der Waals surface area contributed by atoms with Gasteiger partial charge in [0.25, 0.3) is 0 Å². The van der Waals surface area contributed by atoms with Crippen LogP contribution in [0.1, 0.15) is 23.2 Å². The lowest BCUT2D eigenvalue weighted by atomic mass is 10.1. The van der Waals surface area contributed by atoms with E-state index in [9.17, 15) is 9.59 Å². The summed E-state index contributed by atoms with van der Waals surface area (Å²) in [7, 11) is 0. The number of aromatic nitrogens is 1. The molecule has 0 fully saturated rings. The van der Waals surface area contributed by atoms with Crippen molar-refractivity contribution in [2.45, 2.75) is 12.8 Å². The molecule has 0 aliphatic heterocycles. The third-order valence-corrected chi connectivity index (χ3v) is 3.68. The summed E-state index contributed by atoms with van der Waals surface area (Å²) in [5.41, 5.74) is 1.17. The number of ether oxygens (including phenoxy) is 1. The van der Waals surface area contributed by atoms with Crippen LogP contribution in [0.3, 0.4) is 0 Å². The lowest BCUT2D eigenvalue weighted by Crippen LogP contribution is -2.13. The van der Waals surface area contributed by atoms with Gasteiger partial charge in [0, 0.05) is 36.5 Å². The first-order valence-corrected chi connectivity index (χ1v) is 8.27. The number of Topliss-reactive ketones (excluding diaryl/α,β-unsaturated/α-hetero) is 1. The van der Waals surface area contributed by atoms with Crippen molar-refractivity contribution in [2.24, 2.45) is 0 Å². The number of nitrogens with zero attached hydrogens (tertiary/aromatic N) is 1. The zero-order valence-corrected chi connectivity index (χ0v) is 14.1. The molecule has 1 N–H and O–H groups in total. The van der Waals surface area contributed by atoms with Gasteiger partial charge in [-0.3, -0.25) is 14.6 Å². The molecule has 0 spiro atoms. The summed E-state index contributed by atoms with van der Waals surface area (Å²) in [6, 6.07) is 19.9. The molecule has 0 saturated heterocycles. The van der Waals surface area contributed by atoms with Gasteiger partial charge in [-0.05, 0) is 48.5 Å². The van der Waals surface area contributed by atoms with Crippen LogP contribution in [0.2, 0.25) is 0 Å². The fourth-order valence-corrected chi connectivity index (χ4v) is 2.35. The van der Waals surface area contributed by atoms with Crippen LogP contribution in [-0.4, -0.2) is 16.7 Å².